The van der Waals surface area contributed by atoms with E-state index in [0.717, 1.165) is 22.3 Å². The van der Waals surface area contributed by atoms with Gasteiger partial charge >= 0.3 is 11.9 Å². The van der Waals surface area contributed by atoms with Crippen molar-refractivity contribution in [2.75, 3.05) is 14.2 Å². The normalized spacial score (nSPS) is 11.0. The summed E-state index contributed by atoms with van der Waals surface area (Å²) in [5, 5.41) is 0. The van der Waals surface area contributed by atoms with Crippen molar-refractivity contribution in [2.45, 2.75) is 55.4 Å². The fourth-order valence-corrected chi connectivity index (χ4v) is 6.61. The molecule has 0 amide bonds. The molecule has 4 nitrogen and oxygen atoms in total. The zero-order valence-electron chi connectivity index (χ0n) is 28.6. The van der Waals surface area contributed by atoms with Gasteiger partial charge < -0.3 is 9.47 Å². The van der Waals surface area contributed by atoms with Gasteiger partial charge in [-0.15, -0.1) is 0 Å². The van der Waals surface area contributed by atoms with Crippen LogP contribution in [-0.2, 0) is 9.47 Å². The zero-order chi connectivity index (χ0) is 33.4. The monoisotopic (exact) mass is 610 g/mol. The van der Waals surface area contributed by atoms with E-state index in [4.69, 9.17) is 9.47 Å². The summed E-state index contributed by atoms with van der Waals surface area (Å²) in [7, 11) is 2.81. The summed E-state index contributed by atoms with van der Waals surface area (Å²) in [6, 6.07) is 25.2. The molecule has 46 heavy (non-hydrogen) atoms. The van der Waals surface area contributed by atoms with Crippen LogP contribution in [0, 0.1) is 55.4 Å². The summed E-state index contributed by atoms with van der Waals surface area (Å²) in [6.45, 7) is 17.1. The van der Waals surface area contributed by atoms with Gasteiger partial charge in [-0.05, 0) is 169 Å². The van der Waals surface area contributed by atoms with E-state index >= 15 is 0 Å². The molecule has 0 N–H and O–H groups in total. The molecule has 5 rings (SSSR count). The van der Waals surface area contributed by atoms with Crippen molar-refractivity contribution in [3.05, 3.63) is 128 Å². The minimum atomic E-state index is -0.324. The lowest BCUT2D eigenvalue weighted by molar-refractivity contribution is 0.0592. The van der Waals surface area contributed by atoms with Crippen molar-refractivity contribution >= 4 is 11.9 Å². The SMILES string of the molecule is COC(=O)c1ccc(-c2cc(C)c(-c3cc(C)c(-c4cc(C)c(-c5ccc(C(=O)OC)cc5C)cc4C)cc3C)cc2C)c(C)c1. The molecule has 0 aliphatic heterocycles. The Morgan fingerprint density at radius 3 is 0.783 bits per heavy atom. The third-order valence-corrected chi connectivity index (χ3v) is 9.17. The Labute approximate surface area is 273 Å². The second-order valence-corrected chi connectivity index (χ2v) is 12.5. The number of esters is 2. The van der Waals surface area contributed by atoms with E-state index in [1.807, 2.05) is 50.2 Å². The van der Waals surface area contributed by atoms with E-state index in [-0.39, 0.29) is 11.9 Å². The van der Waals surface area contributed by atoms with E-state index in [9.17, 15) is 9.59 Å². The number of hydrogen-bond donors (Lipinski definition) is 0. The van der Waals surface area contributed by atoms with Gasteiger partial charge in [0.2, 0.25) is 0 Å². The molecule has 0 aliphatic rings. The van der Waals surface area contributed by atoms with Gasteiger partial charge in [-0.2, -0.15) is 0 Å². The third-order valence-electron chi connectivity index (χ3n) is 9.17. The van der Waals surface area contributed by atoms with E-state index in [0.29, 0.717) is 11.1 Å². The summed E-state index contributed by atoms with van der Waals surface area (Å²) in [5.41, 5.74) is 19.9. The Bertz CT molecular complexity index is 1880. The third kappa shape index (κ3) is 6.00. The molecular weight excluding hydrogens is 568 g/mol. The van der Waals surface area contributed by atoms with E-state index < -0.39 is 0 Å². The number of carbonyl (C=O) groups excluding carboxylic acids is 2. The minimum absolute atomic E-state index is 0.324. The van der Waals surface area contributed by atoms with Crippen LogP contribution in [0.1, 0.15) is 65.2 Å². The molecule has 0 bridgehead atoms. The smallest absolute Gasteiger partial charge is 0.337 e. The van der Waals surface area contributed by atoms with Crippen LogP contribution >= 0.6 is 0 Å². The lowest BCUT2D eigenvalue weighted by Crippen LogP contribution is -2.02. The summed E-state index contributed by atoms with van der Waals surface area (Å²) < 4.78 is 9.81. The molecule has 0 radical (unpaired) electrons. The average molecular weight is 611 g/mol. The molecule has 0 aliphatic carbocycles. The van der Waals surface area contributed by atoms with Crippen molar-refractivity contribution < 1.29 is 19.1 Å². The maximum atomic E-state index is 12.0. The second-order valence-electron chi connectivity index (χ2n) is 12.5. The lowest BCUT2D eigenvalue weighted by atomic mass is 9.85. The molecule has 5 aromatic rings. The molecule has 234 valence electrons. The highest BCUT2D eigenvalue weighted by molar-refractivity contribution is 5.92. The number of hydrogen-bond acceptors (Lipinski definition) is 4. The predicted molar refractivity (Wildman–Crippen MR) is 189 cm³/mol. The van der Waals surface area contributed by atoms with Crippen molar-refractivity contribution in [1.29, 1.82) is 0 Å². The zero-order valence-corrected chi connectivity index (χ0v) is 28.6. The van der Waals surface area contributed by atoms with Gasteiger partial charge in [0.05, 0.1) is 25.3 Å². The van der Waals surface area contributed by atoms with Gasteiger partial charge in [0, 0.05) is 0 Å². The van der Waals surface area contributed by atoms with Crippen molar-refractivity contribution in [2.24, 2.45) is 0 Å². The molecule has 0 unspecified atom stereocenters. The molecule has 0 aromatic heterocycles. The standard InChI is InChI=1S/C42H42O4/c1-23-15-31(41(43)45-9)11-13-33(23)35-17-27(5)37(19-25(35)3)39-21-30(8)40(22-29(39)7)38-20-26(4)36(18-28(38)6)34-14-12-32(16-24(34)2)42(44)46-10/h11-22H,1-10H3. The maximum Gasteiger partial charge on any atom is 0.337 e. The molecular formula is C42H42O4. The van der Waals surface area contributed by atoms with Crippen molar-refractivity contribution in [3.8, 4) is 44.5 Å². The number of ether oxygens (including phenoxy) is 2. The highest BCUT2D eigenvalue weighted by atomic mass is 16.5. The van der Waals surface area contributed by atoms with Crippen molar-refractivity contribution in [3.63, 3.8) is 0 Å². The van der Waals surface area contributed by atoms with Crippen LogP contribution in [0.15, 0.2) is 72.8 Å². The first-order valence-corrected chi connectivity index (χ1v) is 15.6. The molecule has 0 heterocycles. The summed E-state index contributed by atoms with van der Waals surface area (Å²) in [6.07, 6.45) is 0. The molecule has 0 spiro atoms. The maximum absolute atomic E-state index is 12.0. The number of carbonyl (C=O) groups is 2. The number of benzene rings is 5. The van der Waals surface area contributed by atoms with Crippen LogP contribution < -0.4 is 0 Å². The topological polar surface area (TPSA) is 52.6 Å². The first-order chi connectivity index (χ1) is 21.8. The first-order valence-electron chi connectivity index (χ1n) is 15.6. The minimum Gasteiger partial charge on any atom is -0.465 e. The van der Waals surface area contributed by atoms with Gasteiger partial charge in [0.1, 0.15) is 0 Å². The Morgan fingerprint density at radius 2 is 0.565 bits per heavy atom. The van der Waals surface area contributed by atoms with Crippen LogP contribution in [0.5, 0.6) is 0 Å². The molecule has 0 atom stereocenters. The van der Waals surface area contributed by atoms with Crippen LogP contribution in [-0.4, -0.2) is 26.2 Å². The molecule has 4 heteroatoms. The van der Waals surface area contributed by atoms with Gasteiger partial charge in [-0.1, -0.05) is 48.5 Å². The van der Waals surface area contributed by atoms with Gasteiger partial charge in [-0.25, -0.2) is 9.59 Å². The Morgan fingerprint density at radius 1 is 0.348 bits per heavy atom. The van der Waals surface area contributed by atoms with E-state index in [1.54, 1.807) is 0 Å². The number of aryl methyl sites for hydroxylation is 8. The largest absolute Gasteiger partial charge is 0.465 e. The fraction of sp³-hybridized carbons (Fsp3) is 0.238. The number of methoxy groups -OCH3 is 2. The van der Waals surface area contributed by atoms with Crippen molar-refractivity contribution in [1.82, 2.24) is 0 Å². The molecule has 5 aromatic carbocycles. The summed E-state index contributed by atoms with van der Waals surface area (Å²) in [4.78, 5) is 24.1. The quantitative estimate of drug-likeness (QED) is 0.180. The lowest BCUT2D eigenvalue weighted by Gasteiger charge is -2.20. The Balaban J connectivity index is 1.51. The van der Waals surface area contributed by atoms with Crippen LogP contribution in [0.2, 0.25) is 0 Å². The Kier molecular flexibility index (Phi) is 9.03. The van der Waals surface area contributed by atoms with E-state index in [1.165, 1.54) is 81.0 Å². The first kappa shape index (κ1) is 32.4. The van der Waals surface area contributed by atoms with Gasteiger partial charge in [0.15, 0.2) is 0 Å². The van der Waals surface area contributed by atoms with Crippen LogP contribution in [0.25, 0.3) is 44.5 Å². The van der Waals surface area contributed by atoms with Crippen LogP contribution in [0.4, 0.5) is 0 Å². The Hall–Kier alpha value is -4.96. The highest BCUT2D eigenvalue weighted by Crippen LogP contribution is 2.39. The van der Waals surface area contributed by atoms with Crippen LogP contribution in [0.3, 0.4) is 0 Å². The fourth-order valence-electron chi connectivity index (χ4n) is 6.61. The second kappa shape index (κ2) is 12.8. The van der Waals surface area contributed by atoms with Gasteiger partial charge in [0.25, 0.3) is 0 Å². The summed E-state index contributed by atoms with van der Waals surface area (Å²) >= 11 is 0. The summed E-state index contributed by atoms with van der Waals surface area (Å²) in [5.74, 6) is -0.648. The number of rotatable bonds is 6. The average Bonchev–Trinajstić information content (AvgIpc) is 3.03. The molecule has 0 saturated heterocycles. The molecule has 0 saturated carbocycles. The highest BCUT2D eigenvalue weighted by Gasteiger charge is 2.18. The predicted octanol–water partition coefficient (Wildman–Crippen LogP) is 10.4. The molecule has 0 fully saturated rings. The van der Waals surface area contributed by atoms with E-state index in [2.05, 4.69) is 77.9 Å². The van der Waals surface area contributed by atoms with Gasteiger partial charge in [-0.3, -0.25) is 0 Å².